The highest BCUT2D eigenvalue weighted by Gasteiger charge is 2.24. The molecule has 8 heteroatoms. The number of hydrogen-bond donors (Lipinski definition) is 1. The van der Waals surface area contributed by atoms with Crippen LogP contribution in [-0.2, 0) is 16.1 Å². The van der Waals surface area contributed by atoms with Crippen molar-refractivity contribution in [2.75, 3.05) is 12.4 Å². The Morgan fingerprint density at radius 2 is 2.07 bits per heavy atom. The summed E-state index contributed by atoms with van der Waals surface area (Å²) < 4.78 is 6.61. The molecule has 0 aliphatic rings. The van der Waals surface area contributed by atoms with Gasteiger partial charge in [0.2, 0.25) is 11.0 Å². The molecule has 0 fully saturated rings. The molecule has 2 aromatic heterocycles. The number of carbonyl (C=O) groups is 1. The Morgan fingerprint density at radius 3 is 2.78 bits per heavy atom. The van der Waals surface area contributed by atoms with E-state index in [1.165, 1.54) is 11.3 Å². The molecule has 27 heavy (non-hydrogen) atoms. The Labute approximate surface area is 161 Å². The zero-order valence-electron chi connectivity index (χ0n) is 15.8. The zero-order valence-corrected chi connectivity index (χ0v) is 16.6. The van der Waals surface area contributed by atoms with Gasteiger partial charge < -0.3 is 4.74 Å². The van der Waals surface area contributed by atoms with Crippen molar-refractivity contribution in [3.8, 4) is 0 Å². The van der Waals surface area contributed by atoms with E-state index < -0.39 is 6.04 Å². The highest BCUT2D eigenvalue weighted by atomic mass is 32.1. The number of carbonyl (C=O) groups excluding carboxylic acids is 1. The minimum absolute atomic E-state index is 0.186. The van der Waals surface area contributed by atoms with E-state index in [1.54, 1.807) is 17.7 Å². The quantitative estimate of drug-likeness (QED) is 0.703. The minimum atomic E-state index is -0.642. The normalized spacial score (nSPS) is 12.3. The first-order valence-electron chi connectivity index (χ1n) is 8.69. The van der Waals surface area contributed by atoms with Crippen molar-refractivity contribution in [2.24, 2.45) is 0 Å². The second-order valence-corrected chi connectivity index (χ2v) is 7.42. The molecule has 1 N–H and O–H groups in total. The number of aromatic nitrogens is 3. The van der Waals surface area contributed by atoms with Crippen molar-refractivity contribution in [1.82, 2.24) is 14.8 Å². The Kier molecular flexibility index (Phi) is 5.67. The van der Waals surface area contributed by atoms with Gasteiger partial charge in [-0.15, -0.1) is 10.2 Å². The summed E-state index contributed by atoms with van der Waals surface area (Å²) in [5, 5.41) is 12.8. The Hall–Kier alpha value is -2.58. The van der Waals surface area contributed by atoms with Crippen molar-refractivity contribution in [3.05, 3.63) is 50.8 Å². The van der Waals surface area contributed by atoms with E-state index >= 15 is 0 Å². The highest BCUT2D eigenvalue weighted by Crippen LogP contribution is 2.25. The SMILES string of the molecule is CCC(C(=O)Nc1nnc(COC)s1)n1c(=O)cc(C)c2cccc(C)c21. The number of ether oxygens (including phenoxy) is 1. The van der Waals surface area contributed by atoms with E-state index in [1.807, 2.05) is 39.0 Å². The van der Waals surface area contributed by atoms with Gasteiger partial charge in [0.1, 0.15) is 17.7 Å². The molecule has 1 amide bonds. The third-order valence-electron chi connectivity index (χ3n) is 4.45. The summed E-state index contributed by atoms with van der Waals surface area (Å²) in [6.45, 7) is 6.08. The summed E-state index contributed by atoms with van der Waals surface area (Å²) >= 11 is 1.26. The van der Waals surface area contributed by atoms with Crippen LogP contribution >= 0.6 is 11.3 Å². The molecule has 0 radical (unpaired) electrons. The van der Waals surface area contributed by atoms with Crippen molar-refractivity contribution in [3.63, 3.8) is 0 Å². The largest absolute Gasteiger partial charge is 0.377 e. The van der Waals surface area contributed by atoms with Crippen LogP contribution in [0.25, 0.3) is 10.9 Å². The molecule has 142 valence electrons. The maximum absolute atomic E-state index is 12.9. The lowest BCUT2D eigenvalue weighted by Gasteiger charge is -2.21. The number of anilines is 1. The molecule has 1 atom stereocenters. The molecule has 3 aromatic rings. The van der Waals surface area contributed by atoms with Gasteiger partial charge in [0, 0.05) is 18.6 Å². The first kappa shape index (κ1) is 19.2. The average Bonchev–Trinajstić information content (AvgIpc) is 3.06. The average molecular weight is 386 g/mol. The van der Waals surface area contributed by atoms with Crippen LogP contribution < -0.4 is 10.9 Å². The maximum atomic E-state index is 12.9. The molecular formula is C19H22N4O3S. The molecule has 1 aromatic carbocycles. The van der Waals surface area contributed by atoms with Crippen LogP contribution in [0.15, 0.2) is 29.1 Å². The zero-order chi connectivity index (χ0) is 19.6. The molecule has 0 aliphatic heterocycles. The molecule has 0 saturated carbocycles. The summed E-state index contributed by atoms with van der Waals surface area (Å²) in [5.41, 5.74) is 2.46. The third kappa shape index (κ3) is 3.77. The van der Waals surface area contributed by atoms with Crippen LogP contribution in [0, 0.1) is 13.8 Å². The highest BCUT2D eigenvalue weighted by molar-refractivity contribution is 7.15. The summed E-state index contributed by atoms with van der Waals surface area (Å²) in [7, 11) is 1.57. The molecule has 3 rings (SSSR count). The number of nitrogens with zero attached hydrogens (tertiary/aromatic N) is 3. The molecule has 0 saturated heterocycles. The van der Waals surface area contributed by atoms with E-state index in [9.17, 15) is 9.59 Å². The molecule has 0 bridgehead atoms. The fraction of sp³-hybridized carbons (Fsp3) is 0.368. The predicted octanol–water partition coefficient (Wildman–Crippen LogP) is 3.21. The van der Waals surface area contributed by atoms with Crippen molar-refractivity contribution < 1.29 is 9.53 Å². The van der Waals surface area contributed by atoms with Gasteiger partial charge >= 0.3 is 0 Å². The maximum Gasteiger partial charge on any atom is 0.252 e. The number of pyridine rings is 1. The van der Waals surface area contributed by atoms with Gasteiger partial charge in [-0.2, -0.15) is 0 Å². The van der Waals surface area contributed by atoms with Gasteiger partial charge in [0.05, 0.1) is 5.52 Å². The standard InChI is InChI=1S/C19H22N4O3S/c1-5-14(18(25)20-19-22-21-15(27-19)10-26-4)23-16(24)9-12(3)13-8-6-7-11(2)17(13)23/h6-9,14H,5,10H2,1-4H3,(H,20,22,25). The third-order valence-corrected chi connectivity index (χ3v) is 5.26. The first-order chi connectivity index (χ1) is 13.0. The number of rotatable bonds is 6. The number of para-hydroxylation sites is 1. The van der Waals surface area contributed by atoms with Gasteiger partial charge in [-0.05, 0) is 31.4 Å². The molecule has 0 aliphatic carbocycles. The summed E-state index contributed by atoms with van der Waals surface area (Å²) in [6.07, 6.45) is 0.474. The fourth-order valence-corrected chi connectivity index (χ4v) is 3.92. The van der Waals surface area contributed by atoms with Crippen LogP contribution in [0.4, 0.5) is 5.13 Å². The Balaban J connectivity index is 2.02. The van der Waals surface area contributed by atoms with E-state index in [-0.39, 0.29) is 11.5 Å². The van der Waals surface area contributed by atoms with Crippen LogP contribution in [0.1, 0.15) is 35.5 Å². The number of nitrogens with one attached hydrogen (secondary N) is 1. The lowest BCUT2D eigenvalue weighted by Crippen LogP contribution is -2.33. The van der Waals surface area contributed by atoms with Gasteiger partial charge in [-0.25, -0.2) is 0 Å². The predicted molar refractivity (Wildman–Crippen MR) is 106 cm³/mol. The van der Waals surface area contributed by atoms with Crippen LogP contribution in [-0.4, -0.2) is 27.8 Å². The summed E-state index contributed by atoms with van der Waals surface area (Å²) in [6, 6.07) is 6.82. The number of benzene rings is 1. The minimum Gasteiger partial charge on any atom is -0.377 e. The van der Waals surface area contributed by atoms with Crippen LogP contribution in [0.2, 0.25) is 0 Å². The number of fused-ring (bicyclic) bond motifs is 1. The fourth-order valence-electron chi connectivity index (χ4n) is 3.21. The van der Waals surface area contributed by atoms with Crippen molar-refractivity contribution in [2.45, 2.75) is 39.8 Å². The Bertz CT molecular complexity index is 1040. The number of methoxy groups -OCH3 is 1. The van der Waals surface area contributed by atoms with E-state index in [0.29, 0.717) is 23.2 Å². The van der Waals surface area contributed by atoms with Gasteiger partial charge in [-0.1, -0.05) is 36.5 Å². The van der Waals surface area contributed by atoms with Crippen molar-refractivity contribution in [1.29, 1.82) is 0 Å². The number of amides is 1. The van der Waals surface area contributed by atoms with E-state index in [2.05, 4.69) is 15.5 Å². The molecule has 1 unspecified atom stereocenters. The summed E-state index contributed by atoms with van der Waals surface area (Å²) in [4.78, 5) is 25.7. The molecule has 2 heterocycles. The van der Waals surface area contributed by atoms with Crippen LogP contribution in [0.5, 0.6) is 0 Å². The van der Waals surface area contributed by atoms with E-state index in [0.717, 1.165) is 22.0 Å². The second kappa shape index (κ2) is 7.98. The lowest BCUT2D eigenvalue weighted by atomic mass is 10.0. The number of hydrogen-bond acceptors (Lipinski definition) is 6. The number of aryl methyl sites for hydroxylation is 2. The molecule has 7 nitrogen and oxygen atoms in total. The lowest BCUT2D eigenvalue weighted by molar-refractivity contribution is -0.119. The van der Waals surface area contributed by atoms with Crippen molar-refractivity contribution >= 4 is 33.3 Å². The van der Waals surface area contributed by atoms with Crippen LogP contribution in [0.3, 0.4) is 0 Å². The Morgan fingerprint density at radius 1 is 1.30 bits per heavy atom. The first-order valence-corrected chi connectivity index (χ1v) is 9.51. The molecular weight excluding hydrogens is 364 g/mol. The smallest absolute Gasteiger partial charge is 0.252 e. The summed E-state index contributed by atoms with van der Waals surface area (Å²) in [5.74, 6) is -0.284. The van der Waals surface area contributed by atoms with Gasteiger partial charge in [-0.3, -0.25) is 19.5 Å². The van der Waals surface area contributed by atoms with Gasteiger partial charge in [0.15, 0.2) is 0 Å². The van der Waals surface area contributed by atoms with Gasteiger partial charge in [0.25, 0.3) is 5.56 Å². The topological polar surface area (TPSA) is 86.1 Å². The monoisotopic (exact) mass is 386 g/mol. The second-order valence-electron chi connectivity index (χ2n) is 6.35. The molecule has 0 spiro atoms. The van der Waals surface area contributed by atoms with E-state index in [4.69, 9.17) is 4.74 Å².